The second kappa shape index (κ2) is 4.84. The van der Waals surface area contributed by atoms with Crippen LogP contribution in [0.4, 0.5) is 5.69 Å². The molecule has 1 heterocycles. The molecular formula is C12H17ClN2. The Balaban J connectivity index is 2.15. The summed E-state index contributed by atoms with van der Waals surface area (Å²) in [6.07, 6.45) is 6.51. The van der Waals surface area contributed by atoms with E-state index in [0.29, 0.717) is 5.88 Å². The molecule has 1 aliphatic carbocycles. The molecule has 0 aromatic carbocycles. The van der Waals surface area contributed by atoms with Crippen LogP contribution in [0.2, 0.25) is 0 Å². The van der Waals surface area contributed by atoms with E-state index in [-0.39, 0.29) is 0 Å². The smallest absolute Gasteiger partial charge is 0.0597 e. The van der Waals surface area contributed by atoms with Gasteiger partial charge in [-0.15, -0.1) is 11.6 Å². The fourth-order valence-electron chi connectivity index (χ4n) is 1.82. The highest BCUT2D eigenvalue weighted by atomic mass is 35.5. The number of hydrogen-bond acceptors (Lipinski definition) is 2. The second-order valence-corrected chi connectivity index (χ2v) is 4.39. The number of rotatable bonds is 5. The molecule has 0 amide bonds. The van der Waals surface area contributed by atoms with Crippen LogP contribution in [0.5, 0.6) is 0 Å². The molecule has 1 saturated carbocycles. The van der Waals surface area contributed by atoms with Gasteiger partial charge in [-0.25, -0.2) is 0 Å². The molecule has 1 aromatic rings. The zero-order valence-electron chi connectivity index (χ0n) is 9.12. The fourth-order valence-corrected chi connectivity index (χ4v) is 2.05. The minimum atomic E-state index is 0.568. The van der Waals surface area contributed by atoms with Crippen molar-refractivity contribution >= 4 is 17.3 Å². The van der Waals surface area contributed by atoms with Crippen LogP contribution in [-0.4, -0.2) is 18.1 Å². The maximum Gasteiger partial charge on any atom is 0.0597 e. The van der Waals surface area contributed by atoms with Gasteiger partial charge >= 0.3 is 0 Å². The SMILES string of the molecule is CCN(CC1CC1)c1cnccc1CCl. The van der Waals surface area contributed by atoms with Crippen LogP contribution in [0, 0.1) is 5.92 Å². The summed E-state index contributed by atoms with van der Waals surface area (Å²) in [7, 11) is 0. The van der Waals surface area contributed by atoms with Crippen molar-refractivity contribution in [3.05, 3.63) is 24.0 Å². The summed E-state index contributed by atoms with van der Waals surface area (Å²) < 4.78 is 0. The summed E-state index contributed by atoms with van der Waals surface area (Å²) in [6.45, 7) is 4.38. The lowest BCUT2D eigenvalue weighted by Gasteiger charge is -2.24. The van der Waals surface area contributed by atoms with Crippen LogP contribution < -0.4 is 4.90 Å². The van der Waals surface area contributed by atoms with Gasteiger partial charge in [0.1, 0.15) is 0 Å². The molecule has 0 saturated heterocycles. The van der Waals surface area contributed by atoms with E-state index in [1.165, 1.54) is 24.1 Å². The van der Waals surface area contributed by atoms with Gasteiger partial charge in [0.15, 0.2) is 0 Å². The van der Waals surface area contributed by atoms with E-state index in [2.05, 4.69) is 16.8 Å². The predicted octanol–water partition coefficient (Wildman–Crippen LogP) is 3.06. The van der Waals surface area contributed by atoms with Crippen molar-refractivity contribution in [2.75, 3.05) is 18.0 Å². The predicted molar refractivity (Wildman–Crippen MR) is 64.4 cm³/mol. The Morgan fingerprint density at radius 2 is 2.33 bits per heavy atom. The Morgan fingerprint density at radius 1 is 1.53 bits per heavy atom. The normalized spacial score (nSPS) is 15.3. The highest BCUT2D eigenvalue weighted by Crippen LogP contribution is 2.32. The fraction of sp³-hybridized carbons (Fsp3) is 0.583. The molecule has 0 bridgehead atoms. The van der Waals surface area contributed by atoms with Crippen molar-refractivity contribution in [3.8, 4) is 0 Å². The molecule has 1 fully saturated rings. The third-order valence-electron chi connectivity index (χ3n) is 2.93. The number of anilines is 1. The second-order valence-electron chi connectivity index (χ2n) is 4.12. The molecule has 1 aromatic heterocycles. The summed E-state index contributed by atoms with van der Waals surface area (Å²) in [5.41, 5.74) is 2.40. The zero-order valence-corrected chi connectivity index (χ0v) is 9.87. The highest BCUT2D eigenvalue weighted by molar-refractivity contribution is 6.17. The molecule has 0 aliphatic heterocycles. The maximum atomic E-state index is 5.93. The first-order valence-electron chi connectivity index (χ1n) is 5.59. The van der Waals surface area contributed by atoms with Gasteiger partial charge in [0.05, 0.1) is 11.9 Å². The summed E-state index contributed by atoms with van der Waals surface area (Å²) in [4.78, 5) is 6.58. The lowest BCUT2D eigenvalue weighted by molar-refractivity contribution is 0.738. The largest absolute Gasteiger partial charge is 0.370 e. The minimum absolute atomic E-state index is 0.568. The van der Waals surface area contributed by atoms with E-state index in [1.54, 1.807) is 0 Å². The van der Waals surface area contributed by atoms with Crippen LogP contribution in [0.15, 0.2) is 18.5 Å². The first-order chi connectivity index (χ1) is 7.35. The summed E-state index contributed by atoms with van der Waals surface area (Å²) in [5, 5.41) is 0. The Morgan fingerprint density at radius 3 is 2.93 bits per heavy atom. The standard InChI is InChI=1S/C12H17ClN2/c1-2-15(9-10-3-4-10)12-8-14-6-5-11(12)7-13/h5-6,8,10H,2-4,7,9H2,1H3. The number of pyridine rings is 1. The number of nitrogens with zero attached hydrogens (tertiary/aromatic N) is 2. The lowest BCUT2D eigenvalue weighted by atomic mass is 10.2. The first-order valence-corrected chi connectivity index (χ1v) is 6.12. The number of alkyl halides is 1. The number of hydrogen-bond donors (Lipinski definition) is 0. The van der Waals surface area contributed by atoms with Crippen molar-refractivity contribution in [1.82, 2.24) is 4.98 Å². The third kappa shape index (κ3) is 2.63. The molecule has 2 rings (SSSR count). The third-order valence-corrected chi connectivity index (χ3v) is 3.22. The van der Waals surface area contributed by atoms with Gasteiger partial charge in [-0.1, -0.05) is 0 Å². The Bertz CT molecular complexity index is 323. The highest BCUT2D eigenvalue weighted by Gasteiger charge is 2.24. The summed E-state index contributed by atoms with van der Waals surface area (Å²) in [5.74, 6) is 1.47. The molecular weight excluding hydrogens is 208 g/mol. The quantitative estimate of drug-likeness (QED) is 0.715. The molecule has 0 atom stereocenters. The average Bonchev–Trinajstić information content (AvgIpc) is 3.10. The molecule has 82 valence electrons. The number of halogens is 1. The average molecular weight is 225 g/mol. The van der Waals surface area contributed by atoms with Gasteiger partial charge in [0.25, 0.3) is 0 Å². The topological polar surface area (TPSA) is 16.1 Å². The molecule has 15 heavy (non-hydrogen) atoms. The van der Waals surface area contributed by atoms with Crippen LogP contribution in [0.1, 0.15) is 25.3 Å². The minimum Gasteiger partial charge on any atom is -0.370 e. The van der Waals surface area contributed by atoms with Crippen molar-refractivity contribution in [1.29, 1.82) is 0 Å². The van der Waals surface area contributed by atoms with Gasteiger partial charge < -0.3 is 4.90 Å². The Hall–Kier alpha value is -0.760. The molecule has 0 spiro atoms. The zero-order chi connectivity index (χ0) is 10.7. The first kappa shape index (κ1) is 10.7. The number of aromatic nitrogens is 1. The molecule has 0 N–H and O–H groups in total. The maximum absolute atomic E-state index is 5.93. The van der Waals surface area contributed by atoms with Crippen LogP contribution in [0.3, 0.4) is 0 Å². The van der Waals surface area contributed by atoms with E-state index >= 15 is 0 Å². The van der Waals surface area contributed by atoms with E-state index < -0.39 is 0 Å². The molecule has 0 radical (unpaired) electrons. The van der Waals surface area contributed by atoms with Gasteiger partial charge in [0, 0.05) is 25.2 Å². The van der Waals surface area contributed by atoms with Gasteiger partial charge in [0.2, 0.25) is 0 Å². The Kier molecular flexibility index (Phi) is 3.47. The van der Waals surface area contributed by atoms with Crippen LogP contribution in [-0.2, 0) is 5.88 Å². The molecule has 2 nitrogen and oxygen atoms in total. The van der Waals surface area contributed by atoms with Crippen molar-refractivity contribution in [3.63, 3.8) is 0 Å². The van der Waals surface area contributed by atoms with E-state index in [0.717, 1.165) is 19.0 Å². The van der Waals surface area contributed by atoms with E-state index in [4.69, 9.17) is 11.6 Å². The monoisotopic (exact) mass is 224 g/mol. The summed E-state index contributed by atoms with van der Waals surface area (Å²) in [6, 6.07) is 2.01. The van der Waals surface area contributed by atoms with Gasteiger partial charge in [-0.3, -0.25) is 4.98 Å². The summed E-state index contributed by atoms with van der Waals surface area (Å²) >= 11 is 5.93. The van der Waals surface area contributed by atoms with Crippen LogP contribution in [0.25, 0.3) is 0 Å². The van der Waals surface area contributed by atoms with E-state index in [9.17, 15) is 0 Å². The van der Waals surface area contributed by atoms with Crippen LogP contribution >= 0.6 is 11.6 Å². The van der Waals surface area contributed by atoms with Crippen molar-refractivity contribution < 1.29 is 0 Å². The van der Waals surface area contributed by atoms with Gasteiger partial charge in [-0.2, -0.15) is 0 Å². The van der Waals surface area contributed by atoms with Crippen molar-refractivity contribution in [2.45, 2.75) is 25.6 Å². The van der Waals surface area contributed by atoms with Crippen molar-refractivity contribution in [2.24, 2.45) is 5.92 Å². The molecule has 1 aliphatic rings. The Labute approximate surface area is 96.3 Å². The van der Waals surface area contributed by atoms with E-state index in [1.807, 2.05) is 18.5 Å². The molecule has 3 heteroatoms. The molecule has 0 unspecified atom stereocenters. The lowest BCUT2D eigenvalue weighted by Crippen LogP contribution is -2.26. The van der Waals surface area contributed by atoms with Gasteiger partial charge in [-0.05, 0) is 37.3 Å².